The van der Waals surface area contributed by atoms with E-state index in [0.717, 1.165) is 18.9 Å². The minimum atomic E-state index is -4.49. The number of nitrogens with zero attached hydrogens (tertiary/aromatic N) is 1. The van der Waals surface area contributed by atoms with Crippen LogP contribution in [0.2, 0.25) is 0 Å². The summed E-state index contributed by atoms with van der Waals surface area (Å²) in [5.74, 6) is 0.0150. The molecule has 1 aromatic rings. The quantitative estimate of drug-likeness (QED) is 0.864. The van der Waals surface area contributed by atoms with E-state index in [9.17, 15) is 18.0 Å². The summed E-state index contributed by atoms with van der Waals surface area (Å²) < 4.78 is 39.5. The van der Waals surface area contributed by atoms with E-state index in [-0.39, 0.29) is 17.6 Å². The number of benzene rings is 1. The summed E-state index contributed by atoms with van der Waals surface area (Å²) in [5, 5.41) is 3.40. The van der Waals surface area contributed by atoms with Crippen LogP contribution in [0.15, 0.2) is 18.2 Å². The van der Waals surface area contributed by atoms with Crippen LogP contribution in [0.1, 0.15) is 40.4 Å². The lowest BCUT2D eigenvalue weighted by Gasteiger charge is -2.38. The first-order chi connectivity index (χ1) is 9.98. The third kappa shape index (κ3) is 1.88. The van der Waals surface area contributed by atoms with Crippen LogP contribution in [-0.2, 0) is 6.18 Å². The van der Waals surface area contributed by atoms with Gasteiger partial charge in [-0.1, -0.05) is 12.1 Å². The summed E-state index contributed by atoms with van der Waals surface area (Å²) in [6.07, 6.45) is -2.31. The van der Waals surface area contributed by atoms with E-state index < -0.39 is 17.6 Å². The van der Waals surface area contributed by atoms with E-state index >= 15 is 0 Å². The van der Waals surface area contributed by atoms with Gasteiger partial charge in [0.05, 0.1) is 17.2 Å². The molecule has 1 aliphatic carbocycles. The van der Waals surface area contributed by atoms with E-state index in [1.807, 2.05) is 0 Å². The molecule has 0 spiro atoms. The maximum Gasteiger partial charge on any atom is 0.417 e. The molecule has 2 fully saturated rings. The van der Waals surface area contributed by atoms with Gasteiger partial charge in [-0.3, -0.25) is 4.79 Å². The van der Waals surface area contributed by atoms with E-state index in [4.69, 9.17) is 0 Å². The van der Waals surface area contributed by atoms with Gasteiger partial charge in [-0.15, -0.1) is 0 Å². The topological polar surface area (TPSA) is 32.3 Å². The third-order valence-electron chi connectivity index (χ3n) is 4.73. The van der Waals surface area contributed by atoms with Gasteiger partial charge in [-0.05, 0) is 30.4 Å². The molecule has 1 aromatic carbocycles. The fourth-order valence-electron chi connectivity index (χ4n) is 3.70. The van der Waals surface area contributed by atoms with Gasteiger partial charge >= 0.3 is 6.18 Å². The van der Waals surface area contributed by atoms with E-state index in [1.165, 1.54) is 6.07 Å². The van der Waals surface area contributed by atoms with Crippen LogP contribution in [0.4, 0.5) is 13.2 Å². The lowest BCUT2D eigenvalue weighted by molar-refractivity contribution is -0.137. The standard InChI is InChI=1S/C15H15F3N2O/c16-15(17,18)10-3-1-2-9-11(10)14(21)20-7-6-19-12(13(9)20)8-4-5-8/h1-3,8,12-13,19H,4-7H2/t12?,13-/m1/s1. The SMILES string of the molecule is O=C1c2c(cccc2C(F)(F)F)[C@@H]2C(C3CC3)NCCN12. The van der Waals surface area contributed by atoms with Crippen LogP contribution >= 0.6 is 0 Å². The monoisotopic (exact) mass is 296 g/mol. The van der Waals surface area contributed by atoms with Crippen molar-refractivity contribution in [2.45, 2.75) is 31.1 Å². The van der Waals surface area contributed by atoms with Gasteiger partial charge in [0.25, 0.3) is 5.91 Å². The van der Waals surface area contributed by atoms with Crippen LogP contribution < -0.4 is 5.32 Å². The minimum absolute atomic E-state index is 0.0902. The molecule has 4 rings (SSSR count). The highest BCUT2D eigenvalue weighted by Gasteiger charge is 2.51. The Balaban J connectivity index is 1.85. The molecule has 0 aromatic heterocycles. The molecule has 1 saturated carbocycles. The number of piperazine rings is 1. The summed E-state index contributed by atoms with van der Waals surface area (Å²) >= 11 is 0. The molecule has 6 heteroatoms. The van der Waals surface area contributed by atoms with Gasteiger partial charge in [0.1, 0.15) is 0 Å². The molecule has 1 saturated heterocycles. The zero-order valence-corrected chi connectivity index (χ0v) is 11.3. The number of hydrogen-bond donors (Lipinski definition) is 1. The van der Waals surface area contributed by atoms with Gasteiger partial charge in [0, 0.05) is 19.1 Å². The molecule has 1 amide bonds. The molecule has 0 radical (unpaired) electrons. The zero-order valence-electron chi connectivity index (χ0n) is 11.3. The highest BCUT2D eigenvalue weighted by molar-refractivity contribution is 6.01. The second kappa shape index (κ2) is 4.22. The first kappa shape index (κ1) is 13.1. The molecule has 21 heavy (non-hydrogen) atoms. The average Bonchev–Trinajstić information content (AvgIpc) is 3.24. The first-order valence-electron chi connectivity index (χ1n) is 7.23. The Morgan fingerprint density at radius 1 is 1.24 bits per heavy atom. The highest BCUT2D eigenvalue weighted by Crippen LogP contribution is 2.48. The summed E-state index contributed by atoms with van der Waals surface area (Å²) in [6, 6.07) is 3.95. The fraction of sp³-hybridized carbons (Fsp3) is 0.533. The largest absolute Gasteiger partial charge is 0.417 e. The predicted molar refractivity (Wildman–Crippen MR) is 69.7 cm³/mol. The lowest BCUT2D eigenvalue weighted by atomic mass is 9.92. The van der Waals surface area contributed by atoms with Crippen molar-refractivity contribution in [1.29, 1.82) is 0 Å². The van der Waals surface area contributed by atoms with Gasteiger partial charge in [-0.2, -0.15) is 13.2 Å². The van der Waals surface area contributed by atoms with Crippen molar-refractivity contribution in [2.24, 2.45) is 5.92 Å². The number of amides is 1. The molecule has 3 aliphatic rings. The van der Waals surface area contributed by atoms with E-state index in [2.05, 4.69) is 5.32 Å². The van der Waals surface area contributed by atoms with Gasteiger partial charge < -0.3 is 10.2 Å². The highest BCUT2D eigenvalue weighted by atomic mass is 19.4. The molecule has 1 N–H and O–H groups in total. The van der Waals surface area contributed by atoms with Crippen molar-refractivity contribution in [3.05, 3.63) is 34.9 Å². The molecule has 1 unspecified atom stereocenters. The van der Waals surface area contributed by atoms with Crippen LogP contribution in [0, 0.1) is 5.92 Å². The van der Waals surface area contributed by atoms with Crippen molar-refractivity contribution >= 4 is 5.91 Å². The second-order valence-corrected chi connectivity index (χ2v) is 6.03. The molecule has 112 valence electrons. The second-order valence-electron chi connectivity index (χ2n) is 6.03. The Bertz CT molecular complexity index is 609. The Morgan fingerprint density at radius 2 is 2.00 bits per heavy atom. The number of rotatable bonds is 1. The maximum atomic E-state index is 13.2. The summed E-state index contributed by atoms with van der Waals surface area (Å²) in [7, 11) is 0. The third-order valence-corrected chi connectivity index (χ3v) is 4.73. The Labute approximate surface area is 120 Å². The smallest absolute Gasteiger partial charge is 0.329 e. The normalized spacial score (nSPS) is 28.5. The number of nitrogens with one attached hydrogen (secondary N) is 1. The maximum absolute atomic E-state index is 13.2. The van der Waals surface area contributed by atoms with Crippen LogP contribution in [0.3, 0.4) is 0 Å². The zero-order chi connectivity index (χ0) is 14.8. The molecule has 2 atom stereocenters. The Hall–Kier alpha value is -1.56. The number of alkyl halides is 3. The van der Waals surface area contributed by atoms with Crippen LogP contribution in [-0.4, -0.2) is 29.9 Å². The molecular formula is C15H15F3N2O. The molecule has 3 nitrogen and oxygen atoms in total. The first-order valence-corrected chi connectivity index (χ1v) is 7.23. The number of carbonyl (C=O) groups is 1. The minimum Gasteiger partial charge on any atom is -0.329 e. The van der Waals surface area contributed by atoms with Crippen molar-refractivity contribution in [1.82, 2.24) is 10.2 Å². The van der Waals surface area contributed by atoms with Crippen LogP contribution in [0.5, 0.6) is 0 Å². The van der Waals surface area contributed by atoms with Gasteiger partial charge in [0.2, 0.25) is 0 Å². The molecule has 2 heterocycles. The van der Waals surface area contributed by atoms with E-state index in [0.29, 0.717) is 24.6 Å². The number of carbonyl (C=O) groups excluding carboxylic acids is 1. The average molecular weight is 296 g/mol. The van der Waals surface area contributed by atoms with Crippen molar-refractivity contribution in [3.8, 4) is 0 Å². The van der Waals surface area contributed by atoms with Crippen molar-refractivity contribution < 1.29 is 18.0 Å². The summed E-state index contributed by atoms with van der Waals surface area (Å²) in [4.78, 5) is 14.1. The predicted octanol–water partition coefficient (Wildman–Crippen LogP) is 2.58. The number of halogens is 3. The lowest BCUT2D eigenvalue weighted by Crippen LogP contribution is -2.52. The molecule has 2 aliphatic heterocycles. The summed E-state index contributed by atoms with van der Waals surface area (Å²) in [5.41, 5.74) is -0.391. The Kier molecular flexibility index (Phi) is 2.64. The van der Waals surface area contributed by atoms with Crippen molar-refractivity contribution in [3.63, 3.8) is 0 Å². The summed E-state index contributed by atoms with van der Waals surface area (Å²) in [6.45, 7) is 1.12. The Morgan fingerprint density at radius 3 is 2.67 bits per heavy atom. The number of fused-ring (bicyclic) bond motifs is 3. The fourth-order valence-corrected chi connectivity index (χ4v) is 3.70. The van der Waals surface area contributed by atoms with Crippen LogP contribution in [0.25, 0.3) is 0 Å². The van der Waals surface area contributed by atoms with Gasteiger partial charge in [-0.25, -0.2) is 0 Å². The van der Waals surface area contributed by atoms with Gasteiger partial charge in [0.15, 0.2) is 0 Å². The molecular weight excluding hydrogens is 281 g/mol. The van der Waals surface area contributed by atoms with Crippen molar-refractivity contribution in [2.75, 3.05) is 13.1 Å². The number of hydrogen-bond acceptors (Lipinski definition) is 2. The van der Waals surface area contributed by atoms with E-state index in [1.54, 1.807) is 11.0 Å². The molecule has 0 bridgehead atoms.